The highest BCUT2D eigenvalue weighted by Crippen LogP contribution is 2.63. The number of nitrogens with zero attached hydrogens (tertiary/aromatic N) is 2. The third kappa shape index (κ3) is 5.64. The number of aliphatic hydroxyl groups is 2. The van der Waals surface area contributed by atoms with Crippen LogP contribution < -0.4 is 0 Å². The van der Waals surface area contributed by atoms with Crippen molar-refractivity contribution in [1.29, 1.82) is 0 Å². The second-order valence-electron chi connectivity index (χ2n) is 15.8. The Bertz CT molecular complexity index is 1610. The lowest BCUT2D eigenvalue weighted by Gasteiger charge is -2.54. The third-order valence-corrected chi connectivity index (χ3v) is 12.7. The van der Waals surface area contributed by atoms with E-state index in [1.54, 1.807) is 6.20 Å². The fourth-order valence-electron chi connectivity index (χ4n) is 10.4. The molecule has 3 aliphatic heterocycles. The van der Waals surface area contributed by atoms with Gasteiger partial charge in [-0.2, -0.15) is 0 Å². The molecule has 6 atom stereocenters. The van der Waals surface area contributed by atoms with Gasteiger partial charge in [0, 0.05) is 61.8 Å². The number of fused-ring (bicyclic) bond motifs is 6. The third-order valence-electron chi connectivity index (χ3n) is 12.7. The molecule has 1 aromatic carbocycles. The molecule has 3 heterocycles. The predicted octanol–water partition coefficient (Wildman–Crippen LogP) is 4.63. The summed E-state index contributed by atoms with van der Waals surface area (Å²) >= 11 is 0. The summed E-state index contributed by atoms with van der Waals surface area (Å²) in [5.41, 5.74) is 0.374. The normalized spacial score (nSPS) is 37.7. The Morgan fingerprint density at radius 3 is 2.51 bits per heavy atom. The lowest BCUT2D eigenvalue weighted by molar-refractivity contribution is -0.161. The van der Waals surface area contributed by atoms with E-state index in [1.807, 2.05) is 32.0 Å². The summed E-state index contributed by atoms with van der Waals surface area (Å²) in [4.78, 5) is 46.0. The van der Waals surface area contributed by atoms with Crippen molar-refractivity contribution >= 4 is 17.7 Å². The molecule has 49 heavy (non-hydrogen) atoms. The van der Waals surface area contributed by atoms with Gasteiger partial charge in [0.25, 0.3) is 0 Å². The van der Waals surface area contributed by atoms with Crippen LogP contribution in [0.1, 0.15) is 71.3 Å². The number of piperidine rings is 2. The molecular formula is C39H50N2O8. The number of carbonyl (C=O) groups is 3. The van der Waals surface area contributed by atoms with E-state index in [0.717, 1.165) is 50.9 Å². The van der Waals surface area contributed by atoms with Crippen LogP contribution in [0.15, 0.2) is 64.6 Å². The molecule has 1 aromatic rings. The average molecular weight is 675 g/mol. The van der Waals surface area contributed by atoms with Gasteiger partial charge in [0.1, 0.15) is 12.2 Å². The molecule has 7 rings (SSSR count). The van der Waals surface area contributed by atoms with E-state index in [4.69, 9.17) is 14.2 Å². The Labute approximate surface area is 288 Å². The number of methoxy groups -OCH3 is 1. The SMILES string of the molecule is COCC1OC(=O)C(=CN(Cc2ccccc2)CC23CCCN(CCC2)C3)C2=C(O)C(=O)C3=C(C(OC(C)=O)CC4(C)C(O)CCC34)C21C. The van der Waals surface area contributed by atoms with Crippen LogP contribution in [0.5, 0.6) is 0 Å². The fourth-order valence-corrected chi connectivity index (χ4v) is 10.4. The van der Waals surface area contributed by atoms with Gasteiger partial charge in [0.05, 0.1) is 23.7 Å². The number of ketones is 1. The first-order valence-electron chi connectivity index (χ1n) is 17.9. The number of Topliss-reactive ketones (excluding diaryl/α,β-unsaturated/α-hetero) is 1. The van der Waals surface area contributed by atoms with E-state index in [1.165, 1.54) is 14.0 Å². The highest BCUT2D eigenvalue weighted by Gasteiger charge is 2.64. The number of benzene rings is 1. The summed E-state index contributed by atoms with van der Waals surface area (Å²) in [5.74, 6) is -2.58. The van der Waals surface area contributed by atoms with Crippen molar-refractivity contribution in [3.05, 3.63) is 70.1 Å². The summed E-state index contributed by atoms with van der Waals surface area (Å²) in [6, 6.07) is 10.1. The van der Waals surface area contributed by atoms with E-state index in [9.17, 15) is 24.6 Å². The van der Waals surface area contributed by atoms with Gasteiger partial charge < -0.3 is 34.2 Å². The monoisotopic (exact) mass is 674 g/mol. The summed E-state index contributed by atoms with van der Waals surface area (Å²) in [5, 5.41) is 23.2. The summed E-state index contributed by atoms with van der Waals surface area (Å²) in [6.07, 6.45) is 5.10. The number of allylic oxidation sites excluding steroid dienone is 1. The van der Waals surface area contributed by atoms with Crippen LogP contribution in [0.2, 0.25) is 0 Å². The van der Waals surface area contributed by atoms with Gasteiger partial charge in [0.15, 0.2) is 5.76 Å². The topological polar surface area (TPSA) is 126 Å². The minimum Gasteiger partial charge on any atom is -0.504 e. The molecule has 3 saturated heterocycles. The molecule has 0 aromatic heterocycles. The maximum absolute atomic E-state index is 14.5. The first kappa shape index (κ1) is 34.0. The maximum Gasteiger partial charge on any atom is 0.340 e. The Kier molecular flexibility index (Phi) is 8.81. The van der Waals surface area contributed by atoms with Crippen LogP contribution in [0, 0.1) is 22.2 Å². The second kappa shape index (κ2) is 12.7. The largest absolute Gasteiger partial charge is 0.504 e. The summed E-state index contributed by atoms with van der Waals surface area (Å²) < 4.78 is 17.8. The zero-order valence-electron chi connectivity index (χ0n) is 29.2. The molecule has 4 fully saturated rings. The van der Waals surface area contributed by atoms with Gasteiger partial charge in [-0.3, -0.25) is 9.59 Å². The molecule has 10 nitrogen and oxygen atoms in total. The van der Waals surface area contributed by atoms with E-state index < -0.39 is 52.6 Å². The second-order valence-corrected chi connectivity index (χ2v) is 15.8. The standard InChI is InChI=1S/C39H50N2O8/c1-24(42)48-28-18-37(2)27(12-13-29(37)43)31-33(28)38(3)30(21-47-4)49-36(46)26(32(38)35(45)34(31)44)20-41(19-25-10-6-5-7-11-25)23-39-14-8-16-40(22-39)17-9-15-39/h5-7,10-11,20,27-30,43,45H,8-9,12-19,21-23H2,1-4H3. The van der Waals surface area contributed by atoms with Crippen LogP contribution in [-0.4, -0.2) is 95.9 Å². The first-order valence-corrected chi connectivity index (χ1v) is 17.9. The zero-order valence-corrected chi connectivity index (χ0v) is 29.2. The Balaban J connectivity index is 1.38. The quantitative estimate of drug-likeness (QED) is 0.298. The number of hydrogen-bond donors (Lipinski definition) is 2. The van der Waals surface area contributed by atoms with Gasteiger partial charge in [-0.15, -0.1) is 0 Å². The van der Waals surface area contributed by atoms with Crippen molar-refractivity contribution in [2.45, 2.75) is 90.6 Å². The van der Waals surface area contributed by atoms with Crippen molar-refractivity contribution in [2.24, 2.45) is 22.2 Å². The van der Waals surface area contributed by atoms with Gasteiger partial charge in [-0.1, -0.05) is 37.3 Å². The van der Waals surface area contributed by atoms with Crippen LogP contribution in [-0.2, 0) is 35.1 Å². The Morgan fingerprint density at radius 2 is 1.84 bits per heavy atom. The number of esters is 2. The molecule has 0 radical (unpaired) electrons. The smallest absolute Gasteiger partial charge is 0.340 e. The van der Waals surface area contributed by atoms with Gasteiger partial charge in [0.2, 0.25) is 5.78 Å². The molecule has 0 spiro atoms. The van der Waals surface area contributed by atoms with Crippen LogP contribution in [0.25, 0.3) is 0 Å². The number of carbonyl (C=O) groups excluding carboxylic acids is 3. The van der Waals surface area contributed by atoms with Gasteiger partial charge >= 0.3 is 11.9 Å². The van der Waals surface area contributed by atoms with E-state index >= 15 is 0 Å². The van der Waals surface area contributed by atoms with E-state index in [-0.39, 0.29) is 29.1 Å². The number of hydrogen-bond acceptors (Lipinski definition) is 10. The minimum absolute atomic E-state index is 0.00129. The lowest BCUT2D eigenvalue weighted by atomic mass is 9.53. The zero-order chi connectivity index (χ0) is 34.7. The molecule has 3 aliphatic carbocycles. The van der Waals surface area contributed by atoms with Crippen LogP contribution >= 0.6 is 0 Å². The number of cyclic esters (lactones) is 1. The number of ether oxygens (including phenoxy) is 3. The number of aliphatic hydroxyl groups excluding tert-OH is 2. The summed E-state index contributed by atoms with van der Waals surface area (Å²) in [7, 11) is 1.52. The predicted molar refractivity (Wildman–Crippen MR) is 181 cm³/mol. The van der Waals surface area contributed by atoms with Crippen molar-refractivity contribution in [3.63, 3.8) is 0 Å². The molecule has 0 amide bonds. The molecule has 6 aliphatic rings. The van der Waals surface area contributed by atoms with Crippen molar-refractivity contribution in [3.8, 4) is 0 Å². The van der Waals surface area contributed by atoms with Crippen molar-refractivity contribution in [2.75, 3.05) is 39.9 Å². The number of rotatable bonds is 8. The van der Waals surface area contributed by atoms with Crippen molar-refractivity contribution < 1.29 is 38.8 Å². The van der Waals surface area contributed by atoms with Crippen LogP contribution in [0.4, 0.5) is 0 Å². The first-order chi connectivity index (χ1) is 23.4. The molecule has 264 valence electrons. The molecule has 10 heteroatoms. The van der Waals surface area contributed by atoms with E-state index in [2.05, 4.69) is 21.9 Å². The molecular weight excluding hydrogens is 624 g/mol. The Hall–Kier alpha value is -3.47. The molecule has 2 bridgehead atoms. The minimum atomic E-state index is -1.25. The lowest BCUT2D eigenvalue weighted by Crippen LogP contribution is -2.57. The summed E-state index contributed by atoms with van der Waals surface area (Å²) in [6.45, 7) is 9.58. The van der Waals surface area contributed by atoms with E-state index in [0.29, 0.717) is 43.5 Å². The maximum atomic E-state index is 14.5. The Morgan fingerprint density at radius 1 is 1.12 bits per heavy atom. The average Bonchev–Trinajstić information content (AvgIpc) is 3.35. The highest BCUT2D eigenvalue weighted by molar-refractivity contribution is 6.13. The molecule has 6 unspecified atom stereocenters. The van der Waals surface area contributed by atoms with Crippen molar-refractivity contribution in [1.82, 2.24) is 9.80 Å². The van der Waals surface area contributed by atoms with Gasteiger partial charge in [-0.05, 0) is 82.0 Å². The van der Waals surface area contributed by atoms with Gasteiger partial charge in [-0.25, -0.2) is 4.79 Å². The molecule has 1 saturated carbocycles. The van der Waals surface area contributed by atoms with Crippen LogP contribution in [0.3, 0.4) is 0 Å². The fraction of sp³-hybridized carbons (Fsp3) is 0.615. The highest BCUT2D eigenvalue weighted by atomic mass is 16.6. The molecule has 2 N–H and O–H groups in total.